The Hall–Kier alpha value is -3.54. The molecule has 0 radical (unpaired) electrons. The van der Waals surface area contributed by atoms with Crippen LogP contribution in [0.15, 0.2) is 66.9 Å². The minimum Gasteiger partial charge on any atom is -0.344 e. The molecule has 6 nitrogen and oxygen atoms in total. The fraction of sp³-hybridized carbons (Fsp3) is 0.143. The molecular weight excluding hydrogens is 340 g/mol. The Morgan fingerprint density at radius 1 is 1.00 bits per heavy atom. The van der Waals surface area contributed by atoms with Crippen LogP contribution < -0.4 is 10.6 Å². The van der Waals surface area contributed by atoms with E-state index in [0.717, 1.165) is 5.56 Å². The van der Waals surface area contributed by atoms with Gasteiger partial charge in [0, 0.05) is 17.4 Å². The minimum atomic E-state index is -0.283. The fourth-order valence-electron chi connectivity index (χ4n) is 2.59. The van der Waals surface area contributed by atoms with Gasteiger partial charge in [0.15, 0.2) is 5.78 Å². The molecule has 1 amide bonds. The summed E-state index contributed by atoms with van der Waals surface area (Å²) in [6, 6.07) is 18.2. The maximum Gasteiger partial charge on any atom is 0.270 e. The number of nitrogens with zero attached hydrogens (tertiary/aromatic N) is 2. The van der Waals surface area contributed by atoms with E-state index in [2.05, 4.69) is 20.6 Å². The molecule has 0 aliphatic heterocycles. The first-order valence-electron chi connectivity index (χ1n) is 8.60. The van der Waals surface area contributed by atoms with Crippen LogP contribution in [0.4, 0.5) is 11.6 Å². The zero-order valence-corrected chi connectivity index (χ0v) is 15.1. The first-order chi connectivity index (χ1) is 13.0. The molecule has 3 aromatic rings. The number of benzene rings is 2. The maximum atomic E-state index is 12.5. The molecule has 2 N–H and O–H groups in total. The van der Waals surface area contributed by atoms with Crippen molar-refractivity contribution in [2.45, 2.75) is 19.9 Å². The number of carbonyl (C=O) groups is 2. The maximum absolute atomic E-state index is 12.5. The molecule has 1 heterocycles. The first kappa shape index (κ1) is 18.3. The second-order valence-electron chi connectivity index (χ2n) is 6.13. The van der Waals surface area contributed by atoms with Crippen molar-refractivity contribution in [1.82, 2.24) is 15.3 Å². The van der Waals surface area contributed by atoms with Gasteiger partial charge in [0.25, 0.3) is 5.91 Å². The standard InChI is InChI=1S/C21H20N4O2/c1-14(16-7-4-3-5-8-16)23-20(27)19-11-12-22-21(25-19)24-18-10-6-9-17(13-18)15(2)26/h3-14H,1-2H3,(H,23,27)(H,22,24,25). The molecule has 136 valence electrons. The molecule has 1 atom stereocenters. The summed E-state index contributed by atoms with van der Waals surface area (Å²) < 4.78 is 0. The number of hydrogen-bond donors (Lipinski definition) is 2. The number of carbonyl (C=O) groups excluding carboxylic acids is 2. The first-order valence-corrected chi connectivity index (χ1v) is 8.60. The van der Waals surface area contributed by atoms with Gasteiger partial charge in [-0.3, -0.25) is 9.59 Å². The molecule has 3 rings (SSSR count). The Morgan fingerprint density at radius 3 is 2.52 bits per heavy atom. The van der Waals surface area contributed by atoms with E-state index in [0.29, 0.717) is 11.3 Å². The van der Waals surface area contributed by atoms with Gasteiger partial charge in [-0.15, -0.1) is 0 Å². The van der Waals surface area contributed by atoms with Gasteiger partial charge in [-0.1, -0.05) is 42.5 Å². The molecule has 0 saturated heterocycles. The van der Waals surface area contributed by atoms with E-state index >= 15 is 0 Å². The second-order valence-corrected chi connectivity index (χ2v) is 6.13. The summed E-state index contributed by atoms with van der Waals surface area (Å²) in [6.45, 7) is 3.43. The lowest BCUT2D eigenvalue weighted by molar-refractivity contribution is 0.0934. The third-order valence-corrected chi connectivity index (χ3v) is 4.06. The molecule has 1 aromatic heterocycles. The van der Waals surface area contributed by atoms with Gasteiger partial charge in [0.1, 0.15) is 5.69 Å². The van der Waals surface area contributed by atoms with Crippen LogP contribution in [0.1, 0.15) is 46.3 Å². The second kappa shape index (κ2) is 8.23. The SMILES string of the molecule is CC(=O)c1cccc(Nc2nccc(C(=O)NC(C)c3ccccc3)n2)c1. The molecular formula is C21H20N4O2. The normalized spacial score (nSPS) is 11.5. The molecule has 6 heteroatoms. The predicted octanol–water partition coefficient (Wildman–Crippen LogP) is 3.91. The smallest absolute Gasteiger partial charge is 0.270 e. The summed E-state index contributed by atoms with van der Waals surface area (Å²) in [5.74, 6) is -0.0207. The van der Waals surface area contributed by atoms with Gasteiger partial charge in [-0.05, 0) is 37.6 Å². The summed E-state index contributed by atoms with van der Waals surface area (Å²) in [4.78, 5) is 32.4. The molecule has 27 heavy (non-hydrogen) atoms. The summed E-state index contributed by atoms with van der Waals surface area (Å²) in [5, 5.41) is 5.95. The van der Waals surface area contributed by atoms with Gasteiger partial charge in [0.2, 0.25) is 5.95 Å². The van der Waals surface area contributed by atoms with Crippen LogP contribution in [0, 0.1) is 0 Å². The predicted molar refractivity (Wildman–Crippen MR) is 104 cm³/mol. The van der Waals surface area contributed by atoms with E-state index in [4.69, 9.17) is 0 Å². The zero-order valence-electron chi connectivity index (χ0n) is 15.1. The van der Waals surface area contributed by atoms with Crippen LogP contribution in [-0.2, 0) is 0 Å². The quantitative estimate of drug-likeness (QED) is 0.651. The summed E-state index contributed by atoms with van der Waals surface area (Å²) in [6.07, 6.45) is 1.52. The van der Waals surface area contributed by atoms with Crippen LogP contribution in [-0.4, -0.2) is 21.7 Å². The summed E-state index contributed by atoms with van der Waals surface area (Å²) >= 11 is 0. The highest BCUT2D eigenvalue weighted by molar-refractivity contribution is 5.95. The van der Waals surface area contributed by atoms with Crippen molar-refractivity contribution in [2.24, 2.45) is 0 Å². The van der Waals surface area contributed by atoms with Crippen molar-refractivity contribution in [3.05, 3.63) is 83.7 Å². The van der Waals surface area contributed by atoms with E-state index in [1.54, 1.807) is 30.3 Å². The highest BCUT2D eigenvalue weighted by atomic mass is 16.2. The zero-order chi connectivity index (χ0) is 19.2. The molecule has 0 fully saturated rings. The lowest BCUT2D eigenvalue weighted by Gasteiger charge is -2.14. The van der Waals surface area contributed by atoms with Crippen molar-refractivity contribution in [3.8, 4) is 0 Å². The monoisotopic (exact) mass is 360 g/mol. The fourth-order valence-corrected chi connectivity index (χ4v) is 2.59. The Labute approximate surface area is 157 Å². The Bertz CT molecular complexity index is 957. The van der Waals surface area contributed by atoms with Crippen LogP contribution >= 0.6 is 0 Å². The average molecular weight is 360 g/mol. The molecule has 0 aliphatic carbocycles. The Morgan fingerprint density at radius 2 is 1.78 bits per heavy atom. The van der Waals surface area contributed by atoms with Crippen molar-refractivity contribution in [2.75, 3.05) is 5.32 Å². The van der Waals surface area contributed by atoms with Crippen LogP contribution in [0.2, 0.25) is 0 Å². The lowest BCUT2D eigenvalue weighted by atomic mass is 10.1. The largest absolute Gasteiger partial charge is 0.344 e. The third-order valence-electron chi connectivity index (χ3n) is 4.06. The third kappa shape index (κ3) is 4.76. The average Bonchev–Trinajstić information content (AvgIpc) is 2.69. The highest BCUT2D eigenvalue weighted by Gasteiger charge is 2.13. The number of anilines is 2. The van der Waals surface area contributed by atoms with Crippen molar-refractivity contribution >= 4 is 23.3 Å². The van der Waals surface area contributed by atoms with Crippen molar-refractivity contribution in [1.29, 1.82) is 0 Å². The number of amides is 1. The van der Waals surface area contributed by atoms with Crippen LogP contribution in [0.3, 0.4) is 0 Å². The van der Waals surface area contributed by atoms with E-state index in [-0.39, 0.29) is 29.4 Å². The molecule has 0 bridgehead atoms. The molecule has 0 spiro atoms. The molecule has 1 unspecified atom stereocenters. The number of rotatable bonds is 6. The van der Waals surface area contributed by atoms with Gasteiger partial charge >= 0.3 is 0 Å². The Balaban J connectivity index is 1.72. The lowest BCUT2D eigenvalue weighted by Crippen LogP contribution is -2.27. The van der Waals surface area contributed by atoms with Crippen molar-refractivity contribution in [3.63, 3.8) is 0 Å². The van der Waals surface area contributed by atoms with Gasteiger partial charge in [0.05, 0.1) is 6.04 Å². The number of aromatic nitrogens is 2. The highest BCUT2D eigenvalue weighted by Crippen LogP contribution is 2.16. The topological polar surface area (TPSA) is 84.0 Å². The van der Waals surface area contributed by atoms with E-state index in [1.807, 2.05) is 37.3 Å². The van der Waals surface area contributed by atoms with E-state index < -0.39 is 0 Å². The summed E-state index contributed by atoms with van der Waals surface area (Å²) in [5.41, 5.74) is 2.54. The Kier molecular flexibility index (Phi) is 5.56. The number of ketones is 1. The molecule has 2 aromatic carbocycles. The van der Waals surface area contributed by atoms with Crippen LogP contribution in [0.25, 0.3) is 0 Å². The molecule has 0 aliphatic rings. The van der Waals surface area contributed by atoms with E-state index in [9.17, 15) is 9.59 Å². The van der Waals surface area contributed by atoms with Crippen LogP contribution in [0.5, 0.6) is 0 Å². The summed E-state index contributed by atoms with van der Waals surface area (Å²) in [7, 11) is 0. The molecule has 0 saturated carbocycles. The van der Waals surface area contributed by atoms with Gasteiger partial charge in [-0.25, -0.2) is 9.97 Å². The van der Waals surface area contributed by atoms with Gasteiger partial charge in [-0.2, -0.15) is 0 Å². The van der Waals surface area contributed by atoms with Gasteiger partial charge < -0.3 is 10.6 Å². The number of hydrogen-bond acceptors (Lipinski definition) is 5. The van der Waals surface area contributed by atoms with Crippen molar-refractivity contribution < 1.29 is 9.59 Å². The number of Topliss-reactive ketones (excluding diaryl/α,β-unsaturated/α-hetero) is 1. The number of nitrogens with one attached hydrogen (secondary N) is 2. The minimum absolute atomic E-state index is 0.0254. The van der Waals surface area contributed by atoms with E-state index in [1.165, 1.54) is 13.1 Å².